The molecule has 0 atom stereocenters. The number of rotatable bonds is 2. The molecule has 1 aromatic carbocycles. The molecule has 64 valence electrons. The minimum absolute atomic E-state index is 0.00588. The van der Waals surface area contributed by atoms with Crippen LogP contribution in [0.25, 0.3) is 0 Å². The summed E-state index contributed by atoms with van der Waals surface area (Å²) in [5.74, 6) is -0.0687. The molecule has 4 nitrogen and oxygen atoms in total. The van der Waals surface area contributed by atoms with Crippen LogP contribution in [0, 0.1) is 0 Å². The standard InChI is InChI=1S/C8H9NO3/c10-5-9-4-6-1-2-7(11)3-8(6)12/h1-4,10-12H,5H2/b9-4+. The summed E-state index contributed by atoms with van der Waals surface area (Å²) in [6.45, 7) is -0.319. The van der Waals surface area contributed by atoms with Gasteiger partial charge in [0, 0.05) is 17.8 Å². The molecule has 0 bridgehead atoms. The zero-order valence-electron chi connectivity index (χ0n) is 6.31. The lowest BCUT2D eigenvalue weighted by atomic mass is 10.2. The smallest absolute Gasteiger partial charge is 0.134 e. The Morgan fingerprint density at radius 2 is 2.08 bits per heavy atom. The number of hydrogen-bond acceptors (Lipinski definition) is 4. The second kappa shape index (κ2) is 3.73. The number of aromatic hydroxyl groups is 2. The van der Waals surface area contributed by atoms with Crippen molar-refractivity contribution in [1.29, 1.82) is 0 Å². The molecule has 1 aromatic rings. The van der Waals surface area contributed by atoms with Crippen LogP contribution in [0.4, 0.5) is 0 Å². The average molecular weight is 167 g/mol. The SMILES string of the molecule is OC/N=C/c1ccc(O)cc1O. The van der Waals surface area contributed by atoms with Gasteiger partial charge in [-0.3, -0.25) is 4.99 Å². The van der Waals surface area contributed by atoms with Gasteiger partial charge in [-0.2, -0.15) is 0 Å². The second-order valence-corrected chi connectivity index (χ2v) is 2.20. The fourth-order valence-corrected chi connectivity index (χ4v) is 0.780. The Balaban J connectivity index is 2.94. The van der Waals surface area contributed by atoms with E-state index in [9.17, 15) is 5.11 Å². The quantitative estimate of drug-likeness (QED) is 0.560. The molecule has 0 aromatic heterocycles. The number of nitrogens with zero attached hydrogens (tertiary/aromatic N) is 1. The first kappa shape index (κ1) is 8.55. The average Bonchev–Trinajstić information content (AvgIpc) is 2.03. The van der Waals surface area contributed by atoms with Crippen molar-refractivity contribution in [2.45, 2.75) is 0 Å². The highest BCUT2D eigenvalue weighted by Gasteiger charge is 1.97. The lowest BCUT2D eigenvalue weighted by Gasteiger charge is -1.97. The third kappa shape index (κ3) is 1.96. The van der Waals surface area contributed by atoms with Crippen molar-refractivity contribution in [1.82, 2.24) is 0 Å². The maximum Gasteiger partial charge on any atom is 0.134 e. The number of aliphatic hydroxyl groups is 1. The van der Waals surface area contributed by atoms with Crippen molar-refractivity contribution >= 4 is 6.21 Å². The van der Waals surface area contributed by atoms with E-state index in [2.05, 4.69) is 4.99 Å². The molecule has 1 rings (SSSR count). The minimum atomic E-state index is -0.319. The van der Waals surface area contributed by atoms with E-state index in [4.69, 9.17) is 10.2 Å². The lowest BCUT2D eigenvalue weighted by Crippen LogP contribution is -1.83. The molecule has 0 radical (unpaired) electrons. The molecule has 0 aliphatic carbocycles. The Morgan fingerprint density at radius 3 is 2.67 bits per heavy atom. The Labute approximate surface area is 69.4 Å². The summed E-state index contributed by atoms with van der Waals surface area (Å²) in [6.07, 6.45) is 1.33. The van der Waals surface area contributed by atoms with Crippen LogP contribution in [-0.4, -0.2) is 28.3 Å². The number of aliphatic imine (C=N–C) groups is 1. The van der Waals surface area contributed by atoms with Crippen LogP contribution in [0.15, 0.2) is 23.2 Å². The first-order chi connectivity index (χ1) is 5.74. The fourth-order valence-electron chi connectivity index (χ4n) is 0.780. The highest BCUT2D eigenvalue weighted by molar-refractivity contribution is 5.83. The molecular weight excluding hydrogens is 158 g/mol. The third-order valence-electron chi connectivity index (χ3n) is 1.33. The maximum absolute atomic E-state index is 9.19. The molecule has 12 heavy (non-hydrogen) atoms. The van der Waals surface area contributed by atoms with Crippen LogP contribution in [0.5, 0.6) is 11.5 Å². The lowest BCUT2D eigenvalue weighted by molar-refractivity contribution is 0.310. The number of hydrogen-bond donors (Lipinski definition) is 3. The fraction of sp³-hybridized carbons (Fsp3) is 0.125. The molecule has 0 saturated heterocycles. The van der Waals surface area contributed by atoms with Gasteiger partial charge in [0.05, 0.1) is 0 Å². The molecule has 0 aliphatic heterocycles. The van der Waals surface area contributed by atoms with Crippen molar-refractivity contribution in [3.05, 3.63) is 23.8 Å². The minimum Gasteiger partial charge on any atom is -0.508 e. The summed E-state index contributed by atoms with van der Waals surface area (Å²) in [5.41, 5.74) is 0.460. The maximum atomic E-state index is 9.19. The Morgan fingerprint density at radius 1 is 1.33 bits per heavy atom. The van der Waals surface area contributed by atoms with E-state index >= 15 is 0 Å². The predicted molar refractivity (Wildman–Crippen MR) is 44.5 cm³/mol. The zero-order chi connectivity index (χ0) is 8.97. The summed E-state index contributed by atoms with van der Waals surface area (Å²) < 4.78 is 0. The molecule has 4 heteroatoms. The number of benzene rings is 1. The van der Waals surface area contributed by atoms with Crippen molar-refractivity contribution in [2.24, 2.45) is 4.99 Å². The van der Waals surface area contributed by atoms with E-state index in [1.54, 1.807) is 0 Å². The van der Waals surface area contributed by atoms with Gasteiger partial charge in [-0.1, -0.05) is 0 Å². The largest absolute Gasteiger partial charge is 0.508 e. The first-order valence-electron chi connectivity index (χ1n) is 3.36. The van der Waals surface area contributed by atoms with Crippen LogP contribution in [0.3, 0.4) is 0 Å². The highest BCUT2D eigenvalue weighted by Crippen LogP contribution is 2.20. The molecular formula is C8H9NO3. The molecule has 0 unspecified atom stereocenters. The van der Waals surface area contributed by atoms with Crippen LogP contribution in [0.1, 0.15) is 5.56 Å². The number of phenolic OH excluding ortho intramolecular Hbond substituents is 2. The van der Waals surface area contributed by atoms with E-state index in [-0.39, 0.29) is 18.2 Å². The van der Waals surface area contributed by atoms with Gasteiger partial charge in [0.1, 0.15) is 18.2 Å². The van der Waals surface area contributed by atoms with Crippen LogP contribution < -0.4 is 0 Å². The molecule has 0 aliphatic rings. The highest BCUT2D eigenvalue weighted by atomic mass is 16.3. The predicted octanol–water partition coefficient (Wildman–Crippen LogP) is 0.466. The first-order valence-corrected chi connectivity index (χ1v) is 3.36. The van der Waals surface area contributed by atoms with E-state index in [1.807, 2.05) is 0 Å². The Kier molecular flexibility index (Phi) is 2.66. The van der Waals surface area contributed by atoms with Gasteiger partial charge in [-0.05, 0) is 12.1 Å². The number of aliphatic hydroxyl groups excluding tert-OH is 1. The molecule has 0 amide bonds. The summed E-state index contributed by atoms with van der Waals surface area (Å²) >= 11 is 0. The molecule has 0 spiro atoms. The van der Waals surface area contributed by atoms with Crippen LogP contribution in [-0.2, 0) is 0 Å². The molecule has 3 N–H and O–H groups in total. The van der Waals surface area contributed by atoms with Gasteiger partial charge < -0.3 is 15.3 Å². The van der Waals surface area contributed by atoms with Gasteiger partial charge in [-0.25, -0.2) is 0 Å². The van der Waals surface area contributed by atoms with Gasteiger partial charge in [0.25, 0.3) is 0 Å². The summed E-state index contributed by atoms with van der Waals surface area (Å²) in [7, 11) is 0. The van der Waals surface area contributed by atoms with Gasteiger partial charge in [0.15, 0.2) is 0 Å². The van der Waals surface area contributed by atoms with E-state index in [1.165, 1.54) is 24.4 Å². The van der Waals surface area contributed by atoms with Crippen molar-refractivity contribution in [3.8, 4) is 11.5 Å². The topological polar surface area (TPSA) is 73.1 Å². The summed E-state index contributed by atoms with van der Waals surface area (Å²) in [4.78, 5) is 3.52. The second-order valence-electron chi connectivity index (χ2n) is 2.20. The van der Waals surface area contributed by atoms with Crippen molar-refractivity contribution < 1.29 is 15.3 Å². The van der Waals surface area contributed by atoms with E-state index in [0.29, 0.717) is 5.56 Å². The normalized spacial score (nSPS) is 10.8. The number of phenols is 2. The van der Waals surface area contributed by atoms with Crippen molar-refractivity contribution in [3.63, 3.8) is 0 Å². The van der Waals surface area contributed by atoms with Gasteiger partial charge in [0.2, 0.25) is 0 Å². The van der Waals surface area contributed by atoms with E-state index < -0.39 is 0 Å². The monoisotopic (exact) mass is 167 g/mol. The summed E-state index contributed by atoms with van der Waals surface area (Å²) in [6, 6.07) is 4.14. The van der Waals surface area contributed by atoms with Crippen molar-refractivity contribution in [2.75, 3.05) is 6.73 Å². The van der Waals surface area contributed by atoms with E-state index in [0.717, 1.165) is 0 Å². The third-order valence-corrected chi connectivity index (χ3v) is 1.33. The molecule has 0 heterocycles. The zero-order valence-corrected chi connectivity index (χ0v) is 6.31. The van der Waals surface area contributed by atoms with Crippen LogP contribution >= 0.6 is 0 Å². The van der Waals surface area contributed by atoms with Gasteiger partial charge >= 0.3 is 0 Å². The Hall–Kier alpha value is -1.55. The molecule has 0 saturated carbocycles. The van der Waals surface area contributed by atoms with Crippen LogP contribution in [0.2, 0.25) is 0 Å². The summed E-state index contributed by atoms with van der Waals surface area (Å²) in [5, 5.41) is 26.4. The Bertz CT molecular complexity index is 296. The molecule has 0 fully saturated rings. The van der Waals surface area contributed by atoms with Gasteiger partial charge in [-0.15, -0.1) is 0 Å².